The first-order chi connectivity index (χ1) is 17.1. The van der Waals surface area contributed by atoms with Gasteiger partial charge in [0.1, 0.15) is 0 Å². The van der Waals surface area contributed by atoms with Gasteiger partial charge in [-0.05, 0) is 56.3 Å². The van der Waals surface area contributed by atoms with Gasteiger partial charge in [-0.25, -0.2) is 9.50 Å². The topological polar surface area (TPSA) is 65.8 Å². The quantitative estimate of drug-likeness (QED) is 0.535. The van der Waals surface area contributed by atoms with Crippen LogP contribution in [0.4, 0.5) is 0 Å². The molecule has 8 heteroatoms. The summed E-state index contributed by atoms with van der Waals surface area (Å²) in [5.41, 5.74) is 4.37. The second-order valence-electron chi connectivity index (χ2n) is 10.0. The van der Waals surface area contributed by atoms with E-state index in [2.05, 4.69) is 51.6 Å². The van der Waals surface area contributed by atoms with Crippen molar-refractivity contribution in [3.63, 3.8) is 0 Å². The fraction of sp³-hybridized carbons (Fsp3) is 0.519. The van der Waals surface area contributed by atoms with Gasteiger partial charge < -0.3 is 10.2 Å². The molecule has 2 fully saturated rings. The molecule has 0 bridgehead atoms. The molecule has 2 aliphatic rings. The van der Waals surface area contributed by atoms with E-state index in [9.17, 15) is 4.79 Å². The predicted molar refractivity (Wildman–Crippen MR) is 138 cm³/mol. The molecule has 1 amide bonds. The van der Waals surface area contributed by atoms with Gasteiger partial charge in [0, 0.05) is 57.3 Å². The zero-order valence-corrected chi connectivity index (χ0v) is 21.3. The standard InChI is InChI=1S/C27H35ClN6O/c1-20(35)33-14-10-21(11-15-33)16-29-17-24-26(28)31-34-25(9-12-30-27(24)34)23-8-5-13-32(19-23)18-22-6-3-2-4-7-22/h2-4,6-7,9,12,21,23,29H,5,8,10-11,13-19H2,1H3/t23-/m1/s1. The molecule has 0 spiro atoms. The van der Waals surface area contributed by atoms with Gasteiger partial charge in [-0.15, -0.1) is 0 Å². The minimum Gasteiger partial charge on any atom is -0.343 e. The van der Waals surface area contributed by atoms with Crippen molar-refractivity contribution in [1.82, 2.24) is 29.7 Å². The Labute approximate surface area is 212 Å². The number of nitrogens with zero attached hydrogens (tertiary/aromatic N) is 5. The lowest BCUT2D eigenvalue weighted by Crippen LogP contribution is -2.39. The number of carbonyl (C=O) groups excluding carboxylic acids is 1. The van der Waals surface area contributed by atoms with Crippen LogP contribution in [-0.2, 0) is 17.9 Å². The van der Waals surface area contributed by atoms with Crippen LogP contribution in [-0.4, -0.2) is 63.0 Å². The Morgan fingerprint density at radius 1 is 1.11 bits per heavy atom. The molecule has 0 saturated carbocycles. The van der Waals surface area contributed by atoms with Crippen molar-refractivity contribution in [2.75, 3.05) is 32.7 Å². The highest BCUT2D eigenvalue weighted by molar-refractivity contribution is 6.30. The van der Waals surface area contributed by atoms with E-state index in [-0.39, 0.29) is 5.91 Å². The van der Waals surface area contributed by atoms with Crippen LogP contribution in [0, 0.1) is 5.92 Å². The predicted octanol–water partition coefficient (Wildman–Crippen LogP) is 4.11. The maximum Gasteiger partial charge on any atom is 0.219 e. The zero-order chi connectivity index (χ0) is 24.2. The molecule has 35 heavy (non-hydrogen) atoms. The van der Waals surface area contributed by atoms with E-state index in [1.165, 1.54) is 17.7 Å². The maximum atomic E-state index is 11.6. The van der Waals surface area contributed by atoms with Crippen molar-refractivity contribution in [2.45, 2.75) is 51.6 Å². The van der Waals surface area contributed by atoms with Crippen molar-refractivity contribution in [3.8, 4) is 0 Å². The minimum absolute atomic E-state index is 0.178. The third-order valence-electron chi connectivity index (χ3n) is 7.56. The summed E-state index contributed by atoms with van der Waals surface area (Å²) >= 11 is 6.62. The highest BCUT2D eigenvalue weighted by atomic mass is 35.5. The highest BCUT2D eigenvalue weighted by Crippen LogP contribution is 2.30. The van der Waals surface area contributed by atoms with Crippen LogP contribution in [0.2, 0.25) is 5.15 Å². The van der Waals surface area contributed by atoms with Gasteiger partial charge in [-0.1, -0.05) is 41.9 Å². The molecule has 0 unspecified atom stereocenters. The van der Waals surface area contributed by atoms with Gasteiger partial charge in [0.05, 0.1) is 5.69 Å². The number of hydrogen-bond donors (Lipinski definition) is 1. The third kappa shape index (κ3) is 5.68. The summed E-state index contributed by atoms with van der Waals surface area (Å²) in [4.78, 5) is 20.7. The monoisotopic (exact) mass is 494 g/mol. The number of amides is 1. The molecule has 5 rings (SSSR count). The number of nitrogens with one attached hydrogen (secondary N) is 1. The van der Waals surface area contributed by atoms with E-state index in [4.69, 9.17) is 16.7 Å². The number of benzene rings is 1. The number of carbonyl (C=O) groups is 1. The molecule has 7 nitrogen and oxygen atoms in total. The lowest BCUT2D eigenvalue weighted by atomic mass is 9.94. The average Bonchev–Trinajstić information content (AvgIpc) is 3.20. The molecule has 1 atom stereocenters. The largest absolute Gasteiger partial charge is 0.343 e. The summed E-state index contributed by atoms with van der Waals surface area (Å²) in [7, 11) is 0. The molecule has 3 aromatic rings. The minimum atomic E-state index is 0.178. The van der Waals surface area contributed by atoms with E-state index in [0.29, 0.717) is 23.5 Å². The Morgan fingerprint density at radius 2 is 1.91 bits per heavy atom. The number of aromatic nitrogens is 3. The fourth-order valence-electron chi connectivity index (χ4n) is 5.58. The molecule has 0 aliphatic carbocycles. The number of hydrogen-bond acceptors (Lipinski definition) is 5. The molecule has 2 aromatic heterocycles. The van der Waals surface area contributed by atoms with Crippen molar-refractivity contribution in [3.05, 3.63) is 64.6 Å². The van der Waals surface area contributed by atoms with Crippen LogP contribution in [0.1, 0.15) is 55.3 Å². The molecule has 0 radical (unpaired) electrons. The van der Waals surface area contributed by atoms with Crippen molar-refractivity contribution in [1.29, 1.82) is 0 Å². The Morgan fingerprint density at radius 3 is 2.69 bits per heavy atom. The summed E-state index contributed by atoms with van der Waals surface area (Å²) in [5, 5.41) is 8.82. The van der Waals surface area contributed by atoms with Crippen LogP contribution < -0.4 is 5.32 Å². The van der Waals surface area contributed by atoms with Crippen molar-refractivity contribution >= 4 is 23.2 Å². The SMILES string of the molecule is CC(=O)N1CCC(CNCc2c(Cl)nn3c([C@@H]4CCCN(Cc5ccccc5)C4)ccnc23)CC1. The van der Waals surface area contributed by atoms with Crippen LogP contribution in [0.3, 0.4) is 0 Å². The van der Waals surface area contributed by atoms with Crippen LogP contribution >= 0.6 is 11.6 Å². The normalized spacial score (nSPS) is 19.9. The lowest BCUT2D eigenvalue weighted by molar-refractivity contribution is -0.130. The molecule has 186 valence electrons. The van der Waals surface area contributed by atoms with Crippen LogP contribution in [0.15, 0.2) is 42.6 Å². The summed E-state index contributed by atoms with van der Waals surface area (Å²) in [6, 6.07) is 12.8. The average molecular weight is 495 g/mol. The molecule has 1 N–H and O–H groups in total. The van der Waals surface area contributed by atoms with Crippen LogP contribution in [0.25, 0.3) is 5.65 Å². The second kappa shape index (κ2) is 11.1. The van der Waals surface area contributed by atoms with E-state index < -0.39 is 0 Å². The van der Waals surface area contributed by atoms with E-state index in [1.807, 2.05) is 15.6 Å². The Kier molecular flexibility index (Phi) is 7.66. The van der Waals surface area contributed by atoms with E-state index in [0.717, 1.165) is 69.7 Å². The number of rotatable bonds is 7. The van der Waals surface area contributed by atoms with Gasteiger partial charge in [-0.2, -0.15) is 5.10 Å². The summed E-state index contributed by atoms with van der Waals surface area (Å²) in [6.07, 6.45) is 6.30. The Bertz CT molecular complexity index is 1140. The van der Waals surface area contributed by atoms with Gasteiger partial charge in [-0.3, -0.25) is 9.69 Å². The Balaban J connectivity index is 1.24. The summed E-state index contributed by atoms with van der Waals surface area (Å²) in [5.74, 6) is 1.16. The molecule has 2 saturated heterocycles. The molecular formula is C27H35ClN6O. The summed E-state index contributed by atoms with van der Waals surface area (Å²) < 4.78 is 1.97. The van der Waals surface area contributed by atoms with Gasteiger partial charge in [0.2, 0.25) is 5.91 Å². The molecule has 4 heterocycles. The number of piperidine rings is 2. The van der Waals surface area contributed by atoms with Crippen LogP contribution in [0.5, 0.6) is 0 Å². The van der Waals surface area contributed by atoms with E-state index in [1.54, 1.807) is 6.92 Å². The number of fused-ring (bicyclic) bond motifs is 1. The fourth-order valence-corrected chi connectivity index (χ4v) is 5.81. The van der Waals surface area contributed by atoms with Crippen molar-refractivity contribution < 1.29 is 4.79 Å². The first kappa shape index (κ1) is 24.2. The number of likely N-dealkylation sites (tertiary alicyclic amines) is 2. The smallest absolute Gasteiger partial charge is 0.219 e. The first-order valence-corrected chi connectivity index (χ1v) is 13.2. The van der Waals surface area contributed by atoms with Gasteiger partial charge in [0.15, 0.2) is 10.8 Å². The van der Waals surface area contributed by atoms with Crippen molar-refractivity contribution in [2.24, 2.45) is 5.92 Å². The number of halogens is 1. The van der Waals surface area contributed by atoms with Gasteiger partial charge in [0.25, 0.3) is 0 Å². The molecule has 1 aromatic carbocycles. The molecule has 2 aliphatic heterocycles. The van der Waals surface area contributed by atoms with E-state index >= 15 is 0 Å². The second-order valence-corrected chi connectivity index (χ2v) is 10.4. The maximum absolute atomic E-state index is 11.6. The highest BCUT2D eigenvalue weighted by Gasteiger charge is 2.26. The summed E-state index contributed by atoms with van der Waals surface area (Å²) in [6.45, 7) is 8.04. The first-order valence-electron chi connectivity index (χ1n) is 12.8. The Hall–Kier alpha value is -2.48. The lowest BCUT2D eigenvalue weighted by Gasteiger charge is -2.33. The zero-order valence-electron chi connectivity index (χ0n) is 20.5. The van der Waals surface area contributed by atoms with Gasteiger partial charge >= 0.3 is 0 Å². The molecular weight excluding hydrogens is 460 g/mol. The third-order valence-corrected chi connectivity index (χ3v) is 7.87.